The Morgan fingerprint density at radius 2 is 2.16 bits per heavy atom. The first kappa shape index (κ1) is 14.6. The van der Waals surface area contributed by atoms with Crippen molar-refractivity contribution in [1.29, 1.82) is 5.26 Å². The highest BCUT2D eigenvalue weighted by atomic mass is 16.5. The zero-order valence-corrected chi connectivity index (χ0v) is 10.8. The number of hydrogen-bond donors (Lipinski definition) is 1. The zero-order chi connectivity index (χ0) is 14.3. The average Bonchev–Trinajstić information content (AvgIpc) is 2.36. The van der Waals surface area contributed by atoms with Crippen LogP contribution in [0.5, 0.6) is 11.5 Å². The monoisotopic (exact) mass is 261 g/mol. The molecule has 0 aliphatic rings. The number of rotatable bonds is 6. The fourth-order valence-electron chi connectivity index (χ4n) is 1.41. The van der Waals surface area contributed by atoms with Crippen LogP contribution in [-0.4, -0.2) is 24.3 Å². The molecule has 0 saturated heterocycles. The van der Waals surface area contributed by atoms with Crippen molar-refractivity contribution in [2.75, 3.05) is 13.2 Å². The molecule has 0 aromatic heterocycles. The molecule has 0 aliphatic carbocycles. The molecule has 0 amide bonds. The van der Waals surface area contributed by atoms with Crippen LogP contribution < -0.4 is 9.47 Å². The number of hydrogen-bond acceptors (Lipinski definition) is 4. The first-order valence-electron chi connectivity index (χ1n) is 5.76. The number of carboxylic acid groups (broad SMARTS) is 1. The van der Waals surface area contributed by atoms with E-state index in [0.717, 1.165) is 6.08 Å². The second kappa shape index (κ2) is 7.07. The fourth-order valence-corrected chi connectivity index (χ4v) is 1.41. The molecule has 1 aromatic rings. The van der Waals surface area contributed by atoms with Crippen LogP contribution in [0.3, 0.4) is 0 Å². The van der Waals surface area contributed by atoms with E-state index in [1.54, 1.807) is 25.1 Å². The number of nitrogens with zero attached hydrogens (tertiary/aromatic N) is 1. The van der Waals surface area contributed by atoms with Crippen molar-refractivity contribution in [3.63, 3.8) is 0 Å². The molecule has 5 heteroatoms. The molecule has 0 spiro atoms. The molecule has 5 nitrogen and oxygen atoms in total. The number of ether oxygens (including phenoxy) is 2. The summed E-state index contributed by atoms with van der Waals surface area (Å²) in [5.74, 6) is -0.0466. The number of benzene rings is 1. The summed E-state index contributed by atoms with van der Waals surface area (Å²) in [6.45, 7) is 4.10. The topological polar surface area (TPSA) is 79.5 Å². The minimum absolute atomic E-state index is 0.151. The Balaban J connectivity index is 2.83. The molecule has 0 aliphatic heterocycles. The maximum atomic E-state index is 10.5. The molecule has 0 radical (unpaired) electrons. The summed E-state index contributed by atoms with van der Waals surface area (Å²) in [7, 11) is 0. The van der Waals surface area contributed by atoms with Crippen LogP contribution in [0.1, 0.15) is 19.4 Å². The fraction of sp³-hybridized carbons (Fsp3) is 0.286. The van der Waals surface area contributed by atoms with Gasteiger partial charge in [0.15, 0.2) is 11.5 Å². The highest BCUT2D eigenvalue weighted by Crippen LogP contribution is 2.28. The first-order chi connectivity index (χ1) is 9.06. The van der Waals surface area contributed by atoms with Gasteiger partial charge in [-0.25, -0.2) is 4.79 Å². The predicted molar refractivity (Wildman–Crippen MR) is 69.2 cm³/mol. The Kier molecular flexibility index (Phi) is 5.42. The molecule has 0 bridgehead atoms. The zero-order valence-electron chi connectivity index (χ0n) is 10.8. The molecule has 0 unspecified atom stereocenters. The molecule has 0 atom stereocenters. The van der Waals surface area contributed by atoms with E-state index < -0.39 is 5.97 Å². The summed E-state index contributed by atoms with van der Waals surface area (Å²) in [4.78, 5) is 10.5. The molecule has 1 N–H and O–H groups in total. The van der Waals surface area contributed by atoms with E-state index >= 15 is 0 Å². The third-order valence-electron chi connectivity index (χ3n) is 2.20. The first-order valence-corrected chi connectivity index (χ1v) is 5.76. The van der Waals surface area contributed by atoms with Gasteiger partial charge in [0.2, 0.25) is 0 Å². The van der Waals surface area contributed by atoms with E-state index in [0.29, 0.717) is 29.2 Å². The SMILES string of the molecule is CCOc1cc(C#N)ccc1OC/C(C)=C/C(=O)O. The molecule has 100 valence electrons. The Hall–Kier alpha value is -2.48. The van der Waals surface area contributed by atoms with Gasteiger partial charge in [-0.1, -0.05) is 0 Å². The Morgan fingerprint density at radius 1 is 1.42 bits per heavy atom. The van der Waals surface area contributed by atoms with Crippen LogP contribution >= 0.6 is 0 Å². The summed E-state index contributed by atoms with van der Waals surface area (Å²) in [6.07, 6.45) is 1.09. The third kappa shape index (κ3) is 4.72. The van der Waals surface area contributed by atoms with Crippen molar-refractivity contribution in [3.8, 4) is 17.6 Å². The van der Waals surface area contributed by atoms with Crippen LogP contribution in [-0.2, 0) is 4.79 Å². The molecule has 0 fully saturated rings. The van der Waals surface area contributed by atoms with Crippen LogP contribution in [0, 0.1) is 11.3 Å². The van der Waals surface area contributed by atoms with Gasteiger partial charge >= 0.3 is 5.97 Å². The largest absolute Gasteiger partial charge is 0.490 e. The summed E-state index contributed by atoms with van der Waals surface area (Å²) in [6, 6.07) is 6.87. The maximum absolute atomic E-state index is 10.5. The number of aliphatic carboxylic acids is 1. The molecule has 0 saturated carbocycles. The Labute approximate surface area is 111 Å². The normalized spacial score (nSPS) is 10.7. The molecule has 19 heavy (non-hydrogen) atoms. The quantitative estimate of drug-likeness (QED) is 0.795. The summed E-state index contributed by atoms with van der Waals surface area (Å²) in [5.41, 5.74) is 1.06. The van der Waals surface area contributed by atoms with Crippen LogP contribution in [0.2, 0.25) is 0 Å². The Bertz CT molecular complexity index is 529. The summed E-state index contributed by atoms with van der Waals surface area (Å²) in [5, 5.41) is 17.4. The van der Waals surface area contributed by atoms with Gasteiger partial charge < -0.3 is 14.6 Å². The van der Waals surface area contributed by atoms with Gasteiger partial charge in [-0.05, 0) is 31.6 Å². The van der Waals surface area contributed by atoms with Gasteiger partial charge in [-0.2, -0.15) is 5.26 Å². The lowest BCUT2D eigenvalue weighted by Gasteiger charge is -2.12. The molecule has 1 aromatic carbocycles. The molecule has 1 rings (SSSR count). The van der Waals surface area contributed by atoms with Crippen molar-refractivity contribution in [3.05, 3.63) is 35.4 Å². The maximum Gasteiger partial charge on any atom is 0.328 e. The van der Waals surface area contributed by atoms with Gasteiger partial charge in [0.05, 0.1) is 18.2 Å². The van der Waals surface area contributed by atoms with Crippen molar-refractivity contribution < 1.29 is 19.4 Å². The smallest absolute Gasteiger partial charge is 0.328 e. The van der Waals surface area contributed by atoms with Crippen LogP contribution in [0.15, 0.2) is 29.8 Å². The molecular weight excluding hydrogens is 246 g/mol. The van der Waals surface area contributed by atoms with E-state index in [1.807, 2.05) is 13.0 Å². The third-order valence-corrected chi connectivity index (χ3v) is 2.20. The number of carboxylic acids is 1. The van der Waals surface area contributed by atoms with Gasteiger partial charge in [0.25, 0.3) is 0 Å². The molecular formula is C14H15NO4. The van der Waals surface area contributed by atoms with Crippen molar-refractivity contribution in [2.24, 2.45) is 0 Å². The average molecular weight is 261 g/mol. The van der Waals surface area contributed by atoms with Gasteiger partial charge in [0.1, 0.15) is 6.61 Å². The van der Waals surface area contributed by atoms with Gasteiger partial charge in [-0.3, -0.25) is 0 Å². The Morgan fingerprint density at radius 3 is 2.74 bits per heavy atom. The second-order valence-electron chi connectivity index (χ2n) is 3.82. The van der Waals surface area contributed by atoms with Crippen LogP contribution in [0.4, 0.5) is 0 Å². The van der Waals surface area contributed by atoms with E-state index in [1.165, 1.54) is 0 Å². The van der Waals surface area contributed by atoms with Gasteiger partial charge in [0, 0.05) is 12.1 Å². The van der Waals surface area contributed by atoms with E-state index in [2.05, 4.69) is 0 Å². The predicted octanol–water partition coefficient (Wildman–Crippen LogP) is 2.37. The van der Waals surface area contributed by atoms with Gasteiger partial charge in [-0.15, -0.1) is 0 Å². The molecule has 0 heterocycles. The lowest BCUT2D eigenvalue weighted by molar-refractivity contribution is -0.131. The number of nitriles is 1. The lowest BCUT2D eigenvalue weighted by Crippen LogP contribution is -2.03. The highest BCUT2D eigenvalue weighted by Gasteiger charge is 2.07. The summed E-state index contributed by atoms with van der Waals surface area (Å²) < 4.78 is 10.9. The summed E-state index contributed by atoms with van der Waals surface area (Å²) >= 11 is 0. The second-order valence-corrected chi connectivity index (χ2v) is 3.82. The highest BCUT2D eigenvalue weighted by molar-refractivity contribution is 5.80. The van der Waals surface area contributed by atoms with E-state index in [9.17, 15) is 4.79 Å². The number of carbonyl (C=O) groups is 1. The van der Waals surface area contributed by atoms with Crippen molar-refractivity contribution in [2.45, 2.75) is 13.8 Å². The van der Waals surface area contributed by atoms with E-state index in [4.69, 9.17) is 19.8 Å². The lowest BCUT2D eigenvalue weighted by atomic mass is 10.2. The van der Waals surface area contributed by atoms with E-state index in [-0.39, 0.29) is 6.61 Å². The minimum atomic E-state index is -1.01. The van der Waals surface area contributed by atoms with Crippen LogP contribution in [0.25, 0.3) is 0 Å². The minimum Gasteiger partial charge on any atom is -0.490 e. The van der Waals surface area contributed by atoms with Crippen molar-refractivity contribution >= 4 is 5.97 Å². The standard InChI is InChI=1S/C14H15NO4/c1-3-18-13-7-11(8-15)4-5-12(13)19-9-10(2)6-14(16)17/h4-7H,3,9H2,1-2H3,(H,16,17)/b10-6+. The van der Waals surface area contributed by atoms with Crippen molar-refractivity contribution in [1.82, 2.24) is 0 Å².